The molecule has 3 rings (SSSR count). The minimum absolute atomic E-state index is 0.0178. The van der Waals surface area contributed by atoms with Gasteiger partial charge in [0.2, 0.25) is 0 Å². The average molecular weight is 273 g/mol. The maximum Gasteiger partial charge on any atom is 0.140 e. The highest BCUT2D eigenvalue weighted by atomic mass is 35.5. The zero-order valence-corrected chi connectivity index (χ0v) is 11.8. The molecule has 0 saturated heterocycles. The second-order valence-electron chi connectivity index (χ2n) is 5.16. The number of benzene rings is 1. The topological polar surface area (TPSA) is 25.8 Å². The van der Waals surface area contributed by atoms with Crippen LogP contribution >= 0.6 is 11.6 Å². The second kappa shape index (κ2) is 4.93. The van der Waals surface area contributed by atoms with E-state index in [1.165, 1.54) is 12.0 Å². The molecule has 0 bridgehead atoms. The van der Waals surface area contributed by atoms with Crippen molar-refractivity contribution in [3.05, 3.63) is 58.6 Å². The highest BCUT2D eigenvalue weighted by Crippen LogP contribution is 2.47. The second-order valence-corrected chi connectivity index (χ2v) is 5.55. The van der Waals surface area contributed by atoms with Crippen LogP contribution in [-0.2, 0) is 11.8 Å². The largest absolute Gasteiger partial charge is 0.237 e. The van der Waals surface area contributed by atoms with Crippen molar-refractivity contribution >= 4 is 11.6 Å². The number of aryl methyl sites for hydroxylation is 1. The summed E-state index contributed by atoms with van der Waals surface area (Å²) in [7, 11) is 0. The molecule has 0 atom stereocenters. The predicted molar refractivity (Wildman–Crippen MR) is 77.5 cm³/mol. The Balaban J connectivity index is 2.10. The number of aromatic nitrogens is 2. The summed E-state index contributed by atoms with van der Waals surface area (Å²) in [6.45, 7) is 2.10. The normalized spacial score (nSPS) is 16.9. The van der Waals surface area contributed by atoms with E-state index in [-0.39, 0.29) is 5.41 Å². The maximum absolute atomic E-state index is 6.15. The summed E-state index contributed by atoms with van der Waals surface area (Å²) < 4.78 is 0. The number of rotatable bonds is 3. The zero-order chi connectivity index (χ0) is 13.3. The van der Waals surface area contributed by atoms with E-state index in [1.54, 1.807) is 0 Å². The lowest BCUT2D eigenvalue weighted by Gasteiger charge is -2.41. The monoisotopic (exact) mass is 272 g/mol. The molecule has 1 fully saturated rings. The van der Waals surface area contributed by atoms with Gasteiger partial charge in [-0.1, -0.05) is 55.3 Å². The number of hydrogen-bond donors (Lipinski definition) is 0. The summed E-state index contributed by atoms with van der Waals surface area (Å²) in [5.41, 5.74) is 2.32. The first-order chi connectivity index (χ1) is 9.24. The smallest absolute Gasteiger partial charge is 0.140 e. The van der Waals surface area contributed by atoms with E-state index < -0.39 is 0 Å². The van der Waals surface area contributed by atoms with Crippen molar-refractivity contribution in [3.8, 4) is 0 Å². The summed E-state index contributed by atoms with van der Waals surface area (Å²) in [5.74, 6) is 0.898. The lowest BCUT2D eigenvalue weighted by atomic mass is 9.64. The van der Waals surface area contributed by atoms with Gasteiger partial charge >= 0.3 is 0 Å². The Morgan fingerprint density at radius 3 is 2.47 bits per heavy atom. The first-order valence-electron chi connectivity index (χ1n) is 6.84. The quantitative estimate of drug-likeness (QED) is 0.784. The van der Waals surface area contributed by atoms with Crippen molar-refractivity contribution in [2.45, 2.75) is 38.0 Å². The molecule has 1 aliphatic carbocycles. The molecule has 2 nitrogen and oxygen atoms in total. The lowest BCUT2D eigenvalue weighted by Crippen LogP contribution is -2.37. The summed E-state index contributed by atoms with van der Waals surface area (Å²) in [5, 5.41) is 0.559. The molecule has 0 radical (unpaired) electrons. The molecule has 19 heavy (non-hydrogen) atoms. The molecule has 98 valence electrons. The van der Waals surface area contributed by atoms with Crippen LogP contribution in [0.25, 0.3) is 0 Å². The summed E-state index contributed by atoms with van der Waals surface area (Å²) in [6, 6.07) is 12.4. The van der Waals surface area contributed by atoms with Gasteiger partial charge in [-0.25, -0.2) is 9.97 Å². The van der Waals surface area contributed by atoms with Gasteiger partial charge in [-0.3, -0.25) is 0 Å². The molecule has 0 unspecified atom stereocenters. The Morgan fingerprint density at radius 2 is 1.89 bits per heavy atom. The predicted octanol–water partition coefficient (Wildman–Crippen LogP) is 4.16. The Bertz CT molecular complexity index is 577. The van der Waals surface area contributed by atoms with E-state index in [1.807, 2.05) is 12.1 Å². The van der Waals surface area contributed by atoms with E-state index in [2.05, 4.69) is 36.2 Å². The fourth-order valence-electron chi connectivity index (χ4n) is 2.79. The molecule has 0 spiro atoms. The first kappa shape index (κ1) is 12.6. The Labute approximate surface area is 118 Å². The van der Waals surface area contributed by atoms with E-state index in [0.717, 1.165) is 30.8 Å². The van der Waals surface area contributed by atoms with Gasteiger partial charge in [-0.15, -0.1) is 0 Å². The van der Waals surface area contributed by atoms with Crippen molar-refractivity contribution in [1.82, 2.24) is 9.97 Å². The van der Waals surface area contributed by atoms with Crippen LogP contribution < -0.4 is 0 Å². The molecule has 1 aliphatic rings. The van der Waals surface area contributed by atoms with Gasteiger partial charge in [0, 0.05) is 5.69 Å². The fraction of sp³-hybridized carbons (Fsp3) is 0.375. The van der Waals surface area contributed by atoms with Crippen LogP contribution in [0.2, 0.25) is 5.15 Å². The Morgan fingerprint density at radius 1 is 1.16 bits per heavy atom. The minimum Gasteiger partial charge on any atom is -0.237 e. The van der Waals surface area contributed by atoms with Crippen molar-refractivity contribution in [2.75, 3.05) is 0 Å². The van der Waals surface area contributed by atoms with Gasteiger partial charge < -0.3 is 0 Å². The van der Waals surface area contributed by atoms with Crippen molar-refractivity contribution in [1.29, 1.82) is 0 Å². The van der Waals surface area contributed by atoms with Gasteiger partial charge in [-0.2, -0.15) is 0 Å². The number of halogens is 1. The molecule has 3 heteroatoms. The Hall–Kier alpha value is -1.41. The van der Waals surface area contributed by atoms with Crippen molar-refractivity contribution in [3.63, 3.8) is 0 Å². The van der Waals surface area contributed by atoms with Crippen molar-refractivity contribution < 1.29 is 0 Å². The highest BCUT2D eigenvalue weighted by Gasteiger charge is 2.43. The third kappa shape index (κ3) is 2.14. The number of nitrogens with zero attached hydrogens (tertiary/aromatic N) is 2. The SMILES string of the molecule is CCc1cc(Cl)nc(C2(c3ccccc3)CCC2)n1. The van der Waals surface area contributed by atoms with E-state index in [9.17, 15) is 0 Å². The average Bonchev–Trinajstić information content (AvgIpc) is 2.38. The Kier molecular flexibility index (Phi) is 3.28. The van der Waals surface area contributed by atoms with E-state index in [0.29, 0.717) is 5.15 Å². The van der Waals surface area contributed by atoms with Crippen LogP contribution in [0.5, 0.6) is 0 Å². The van der Waals surface area contributed by atoms with Crippen LogP contribution in [0.15, 0.2) is 36.4 Å². The molecule has 1 aromatic carbocycles. The minimum atomic E-state index is -0.0178. The molecule has 2 aromatic rings. The number of hydrogen-bond acceptors (Lipinski definition) is 2. The summed E-state index contributed by atoms with van der Waals surface area (Å²) in [6.07, 6.45) is 4.34. The van der Waals surface area contributed by atoms with E-state index >= 15 is 0 Å². The lowest BCUT2D eigenvalue weighted by molar-refractivity contribution is 0.284. The molecule has 1 saturated carbocycles. The van der Waals surface area contributed by atoms with Gasteiger partial charge in [0.25, 0.3) is 0 Å². The van der Waals surface area contributed by atoms with Crippen LogP contribution in [0.1, 0.15) is 43.3 Å². The van der Waals surface area contributed by atoms with Gasteiger partial charge in [0.15, 0.2) is 0 Å². The standard InChI is InChI=1S/C16H17ClN2/c1-2-13-11-14(17)19-15(18-13)16(9-6-10-16)12-7-4-3-5-8-12/h3-5,7-8,11H,2,6,9-10H2,1H3. The van der Waals surface area contributed by atoms with Crippen LogP contribution in [-0.4, -0.2) is 9.97 Å². The van der Waals surface area contributed by atoms with Gasteiger partial charge in [-0.05, 0) is 30.9 Å². The first-order valence-corrected chi connectivity index (χ1v) is 7.22. The maximum atomic E-state index is 6.15. The van der Waals surface area contributed by atoms with Crippen LogP contribution in [0, 0.1) is 0 Å². The van der Waals surface area contributed by atoms with Crippen LogP contribution in [0.4, 0.5) is 0 Å². The zero-order valence-electron chi connectivity index (χ0n) is 11.1. The highest BCUT2D eigenvalue weighted by molar-refractivity contribution is 6.29. The summed E-state index contributed by atoms with van der Waals surface area (Å²) in [4.78, 5) is 9.23. The molecule has 1 heterocycles. The molecular formula is C16H17ClN2. The summed E-state index contributed by atoms with van der Waals surface area (Å²) >= 11 is 6.15. The van der Waals surface area contributed by atoms with Crippen molar-refractivity contribution in [2.24, 2.45) is 0 Å². The van der Waals surface area contributed by atoms with Crippen LogP contribution in [0.3, 0.4) is 0 Å². The molecule has 1 aromatic heterocycles. The molecule has 0 amide bonds. The van der Waals surface area contributed by atoms with Gasteiger partial charge in [0.05, 0.1) is 5.41 Å². The molecule has 0 N–H and O–H groups in total. The fourth-order valence-corrected chi connectivity index (χ4v) is 2.99. The third-order valence-electron chi connectivity index (χ3n) is 4.07. The third-order valence-corrected chi connectivity index (χ3v) is 4.27. The van der Waals surface area contributed by atoms with Gasteiger partial charge in [0.1, 0.15) is 11.0 Å². The molecular weight excluding hydrogens is 256 g/mol. The van der Waals surface area contributed by atoms with E-state index in [4.69, 9.17) is 16.6 Å². The molecule has 0 aliphatic heterocycles.